The normalized spacial score (nSPS) is 10.1. The van der Waals surface area contributed by atoms with Gasteiger partial charge in [0.1, 0.15) is 0 Å². The molecule has 138 valence electrons. The third-order valence-corrected chi connectivity index (χ3v) is 3.99. The van der Waals surface area contributed by atoms with Crippen molar-refractivity contribution < 1.29 is 19.1 Å². The maximum atomic E-state index is 12.0. The van der Waals surface area contributed by atoms with Gasteiger partial charge < -0.3 is 14.8 Å². The fourth-order valence-corrected chi connectivity index (χ4v) is 2.69. The highest BCUT2D eigenvalue weighted by molar-refractivity contribution is 7.99. The minimum Gasteiger partial charge on any atom is -0.490 e. The first-order valence-corrected chi connectivity index (χ1v) is 9.15. The lowest BCUT2D eigenvalue weighted by Crippen LogP contribution is -2.35. The van der Waals surface area contributed by atoms with Crippen molar-refractivity contribution in [2.45, 2.75) is 18.9 Å². The molecule has 8 heteroatoms. The van der Waals surface area contributed by atoms with E-state index in [4.69, 9.17) is 9.47 Å². The largest absolute Gasteiger partial charge is 0.490 e. The van der Waals surface area contributed by atoms with Crippen molar-refractivity contribution >= 4 is 29.4 Å². The summed E-state index contributed by atoms with van der Waals surface area (Å²) in [6.07, 6.45) is 1.65. The standard InChI is InChI=1S/C18H21N3O4S/c1-3-24-14-9-8-13(11-15(14)25-4-2)20-18(23)21-16(22)12-26-17-7-5-6-10-19-17/h5-11H,3-4,12H2,1-2H3,(H2,20,21,22,23). The molecule has 0 saturated heterocycles. The van der Waals surface area contributed by atoms with Gasteiger partial charge in [-0.2, -0.15) is 0 Å². The Balaban J connectivity index is 1.88. The van der Waals surface area contributed by atoms with Gasteiger partial charge in [0.25, 0.3) is 0 Å². The van der Waals surface area contributed by atoms with Crippen molar-refractivity contribution in [2.24, 2.45) is 0 Å². The summed E-state index contributed by atoms with van der Waals surface area (Å²) in [5.41, 5.74) is 0.500. The van der Waals surface area contributed by atoms with Gasteiger partial charge in [0, 0.05) is 18.0 Å². The van der Waals surface area contributed by atoms with Gasteiger partial charge in [-0.1, -0.05) is 17.8 Å². The third-order valence-electron chi connectivity index (χ3n) is 3.04. The fraction of sp³-hybridized carbons (Fsp3) is 0.278. The summed E-state index contributed by atoms with van der Waals surface area (Å²) in [6.45, 7) is 4.72. The highest BCUT2D eigenvalue weighted by Gasteiger charge is 2.11. The van der Waals surface area contributed by atoms with E-state index in [1.165, 1.54) is 11.8 Å². The maximum Gasteiger partial charge on any atom is 0.325 e. The predicted octanol–water partition coefficient (Wildman–Crippen LogP) is 3.32. The molecule has 1 heterocycles. The average molecular weight is 375 g/mol. The second-order valence-corrected chi connectivity index (χ2v) is 5.98. The molecule has 0 saturated carbocycles. The molecule has 2 rings (SSSR count). The number of carbonyl (C=O) groups excluding carboxylic acids is 2. The van der Waals surface area contributed by atoms with Crippen molar-refractivity contribution in [1.82, 2.24) is 10.3 Å². The molecule has 0 aliphatic heterocycles. The van der Waals surface area contributed by atoms with Crippen molar-refractivity contribution in [2.75, 3.05) is 24.3 Å². The van der Waals surface area contributed by atoms with Crippen molar-refractivity contribution in [3.8, 4) is 11.5 Å². The lowest BCUT2D eigenvalue weighted by molar-refractivity contribution is -0.117. The average Bonchev–Trinajstić information content (AvgIpc) is 2.63. The van der Waals surface area contributed by atoms with Crippen LogP contribution >= 0.6 is 11.8 Å². The molecular formula is C18H21N3O4S. The van der Waals surface area contributed by atoms with Crippen molar-refractivity contribution in [3.05, 3.63) is 42.6 Å². The monoisotopic (exact) mass is 375 g/mol. The molecule has 2 aromatic rings. The zero-order valence-electron chi connectivity index (χ0n) is 14.7. The molecule has 0 aliphatic carbocycles. The van der Waals surface area contributed by atoms with Crippen LogP contribution < -0.4 is 20.1 Å². The number of imide groups is 1. The molecule has 1 aromatic carbocycles. The van der Waals surface area contributed by atoms with Gasteiger partial charge in [-0.3, -0.25) is 10.1 Å². The van der Waals surface area contributed by atoms with Crippen molar-refractivity contribution in [3.63, 3.8) is 0 Å². The Morgan fingerprint density at radius 2 is 1.85 bits per heavy atom. The molecule has 2 N–H and O–H groups in total. The van der Waals surface area contributed by atoms with E-state index < -0.39 is 11.9 Å². The number of aromatic nitrogens is 1. The van der Waals surface area contributed by atoms with Gasteiger partial charge in [0.2, 0.25) is 5.91 Å². The van der Waals surface area contributed by atoms with Crippen LogP contribution in [0.1, 0.15) is 13.8 Å². The van der Waals surface area contributed by atoms with Crippen LogP contribution in [0.25, 0.3) is 0 Å². The number of pyridine rings is 1. The van der Waals surface area contributed by atoms with Crippen LogP contribution in [0.15, 0.2) is 47.6 Å². The predicted molar refractivity (Wildman–Crippen MR) is 101 cm³/mol. The molecule has 0 bridgehead atoms. The lowest BCUT2D eigenvalue weighted by atomic mass is 10.2. The van der Waals surface area contributed by atoms with Gasteiger partial charge in [-0.15, -0.1) is 0 Å². The number of rotatable bonds is 8. The van der Waals surface area contributed by atoms with Crippen molar-refractivity contribution in [1.29, 1.82) is 0 Å². The fourth-order valence-electron chi connectivity index (χ4n) is 2.03. The molecular weight excluding hydrogens is 354 g/mol. The number of benzene rings is 1. The third kappa shape index (κ3) is 6.29. The molecule has 1 aromatic heterocycles. The smallest absolute Gasteiger partial charge is 0.325 e. The van der Waals surface area contributed by atoms with Crippen LogP contribution in [-0.2, 0) is 4.79 Å². The Kier molecular flexibility index (Phi) is 7.75. The molecule has 7 nitrogen and oxygen atoms in total. The topological polar surface area (TPSA) is 89.6 Å². The van der Waals surface area contributed by atoms with E-state index in [2.05, 4.69) is 15.6 Å². The Hall–Kier alpha value is -2.74. The number of hydrogen-bond acceptors (Lipinski definition) is 6. The molecule has 0 fully saturated rings. The molecule has 0 radical (unpaired) electrons. The van der Waals surface area contributed by atoms with Gasteiger partial charge in [0.15, 0.2) is 11.5 Å². The molecule has 0 unspecified atom stereocenters. The zero-order valence-corrected chi connectivity index (χ0v) is 15.5. The Morgan fingerprint density at radius 1 is 1.08 bits per heavy atom. The minimum absolute atomic E-state index is 0.0951. The quantitative estimate of drug-likeness (QED) is 0.688. The van der Waals surface area contributed by atoms with Crippen LogP contribution in [-0.4, -0.2) is 35.9 Å². The maximum absolute atomic E-state index is 12.0. The summed E-state index contributed by atoms with van der Waals surface area (Å²) in [5, 5.41) is 5.61. The summed E-state index contributed by atoms with van der Waals surface area (Å²) in [6, 6.07) is 9.87. The van der Waals surface area contributed by atoms with E-state index in [1.807, 2.05) is 19.9 Å². The zero-order chi connectivity index (χ0) is 18.8. The Morgan fingerprint density at radius 3 is 2.54 bits per heavy atom. The van der Waals surface area contributed by atoms with E-state index >= 15 is 0 Å². The van der Waals surface area contributed by atoms with Crippen LogP contribution in [0.4, 0.5) is 10.5 Å². The van der Waals surface area contributed by atoms with Gasteiger partial charge in [-0.05, 0) is 38.1 Å². The Labute approximate surface area is 156 Å². The van der Waals surface area contributed by atoms with E-state index in [0.29, 0.717) is 30.4 Å². The number of ether oxygens (including phenoxy) is 2. The summed E-state index contributed by atoms with van der Waals surface area (Å²) in [5.74, 6) is 0.819. The first-order chi connectivity index (χ1) is 12.6. The first-order valence-electron chi connectivity index (χ1n) is 8.16. The van der Waals surface area contributed by atoms with E-state index in [9.17, 15) is 9.59 Å². The summed E-state index contributed by atoms with van der Waals surface area (Å²) >= 11 is 1.25. The van der Waals surface area contributed by atoms with E-state index in [0.717, 1.165) is 5.03 Å². The second kappa shape index (κ2) is 10.3. The number of nitrogens with one attached hydrogen (secondary N) is 2. The molecule has 3 amide bonds. The molecule has 0 atom stereocenters. The molecule has 0 spiro atoms. The summed E-state index contributed by atoms with van der Waals surface area (Å²) in [7, 11) is 0. The highest BCUT2D eigenvalue weighted by Crippen LogP contribution is 2.30. The SMILES string of the molecule is CCOc1ccc(NC(=O)NC(=O)CSc2ccccn2)cc1OCC. The number of carbonyl (C=O) groups is 2. The van der Waals surface area contributed by atoms with Gasteiger partial charge >= 0.3 is 6.03 Å². The number of nitrogens with zero attached hydrogens (tertiary/aromatic N) is 1. The van der Waals surface area contributed by atoms with E-state index in [-0.39, 0.29) is 5.75 Å². The second-order valence-electron chi connectivity index (χ2n) is 4.99. The number of anilines is 1. The van der Waals surface area contributed by atoms with E-state index in [1.54, 1.807) is 36.5 Å². The van der Waals surface area contributed by atoms with Gasteiger partial charge in [-0.25, -0.2) is 9.78 Å². The van der Waals surface area contributed by atoms with Crippen LogP contribution in [0.3, 0.4) is 0 Å². The van der Waals surface area contributed by atoms with Crippen LogP contribution in [0.2, 0.25) is 0 Å². The first kappa shape index (κ1) is 19.6. The minimum atomic E-state index is -0.608. The number of amides is 3. The lowest BCUT2D eigenvalue weighted by Gasteiger charge is -2.13. The Bertz CT molecular complexity index is 740. The number of urea groups is 1. The highest BCUT2D eigenvalue weighted by atomic mass is 32.2. The summed E-state index contributed by atoms with van der Waals surface area (Å²) < 4.78 is 11.0. The van der Waals surface area contributed by atoms with Crippen LogP contribution in [0.5, 0.6) is 11.5 Å². The molecule has 0 aliphatic rings. The van der Waals surface area contributed by atoms with Gasteiger partial charge in [0.05, 0.1) is 24.0 Å². The number of thioether (sulfide) groups is 1. The molecule has 26 heavy (non-hydrogen) atoms. The van der Waals surface area contributed by atoms with Crippen LogP contribution in [0, 0.1) is 0 Å². The number of hydrogen-bond donors (Lipinski definition) is 2. The summed E-state index contributed by atoms with van der Waals surface area (Å²) in [4.78, 5) is 27.9.